The van der Waals surface area contributed by atoms with E-state index >= 15 is 0 Å². The molecule has 1 atom stereocenters. The molecule has 0 saturated carbocycles. The van der Waals surface area contributed by atoms with Crippen LogP contribution in [0.25, 0.3) is 0 Å². The standard InChI is InChI=1S/C24H30N4O5/c1-16(2)24(30)27(10-11-31-4)14-23(29)28-20(13-18(25-28)19-6-5-9-26(19)3)17-7-8-21-22(12-17)33-15-32-21/h5-9,12,16,20H,10-11,13-15H2,1-4H3/t20-/m0/s1. The number of carbonyl (C=O) groups is 2. The molecule has 1 aromatic carbocycles. The molecule has 2 aliphatic rings. The van der Waals surface area contributed by atoms with Gasteiger partial charge in [-0.3, -0.25) is 9.59 Å². The van der Waals surface area contributed by atoms with E-state index in [1.165, 1.54) is 5.01 Å². The third-order valence-corrected chi connectivity index (χ3v) is 5.88. The fourth-order valence-electron chi connectivity index (χ4n) is 4.11. The molecular weight excluding hydrogens is 424 g/mol. The molecule has 2 amide bonds. The number of benzene rings is 1. The van der Waals surface area contributed by atoms with E-state index in [1.807, 2.05) is 62.0 Å². The number of rotatable bonds is 8. The van der Waals surface area contributed by atoms with Gasteiger partial charge in [0.25, 0.3) is 5.91 Å². The van der Waals surface area contributed by atoms with Crippen LogP contribution in [0.4, 0.5) is 0 Å². The van der Waals surface area contributed by atoms with Gasteiger partial charge in [-0.1, -0.05) is 19.9 Å². The van der Waals surface area contributed by atoms with E-state index in [1.54, 1.807) is 12.0 Å². The van der Waals surface area contributed by atoms with E-state index in [-0.39, 0.29) is 37.1 Å². The van der Waals surface area contributed by atoms with Crippen LogP contribution >= 0.6 is 0 Å². The largest absolute Gasteiger partial charge is 0.454 e. The molecule has 1 aromatic heterocycles. The van der Waals surface area contributed by atoms with Crippen molar-refractivity contribution in [3.05, 3.63) is 47.8 Å². The minimum atomic E-state index is -0.310. The third kappa shape index (κ3) is 4.73. The molecule has 33 heavy (non-hydrogen) atoms. The lowest BCUT2D eigenvalue weighted by Crippen LogP contribution is -2.44. The highest BCUT2D eigenvalue weighted by Crippen LogP contribution is 2.39. The maximum Gasteiger partial charge on any atom is 0.262 e. The molecule has 0 aliphatic carbocycles. The van der Waals surface area contributed by atoms with E-state index in [9.17, 15) is 9.59 Å². The molecule has 0 radical (unpaired) electrons. The molecule has 2 aromatic rings. The minimum Gasteiger partial charge on any atom is -0.454 e. The van der Waals surface area contributed by atoms with Crippen LogP contribution in [0.2, 0.25) is 0 Å². The molecule has 176 valence electrons. The number of carbonyl (C=O) groups excluding carboxylic acids is 2. The average molecular weight is 455 g/mol. The lowest BCUT2D eigenvalue weighted by molar-refractivity contribution is -0.143. The van der Waals surface area contributed by atoms with Crippen LogP contribution in [0, 0.1) is 5.92 Å². The summed E-state index contributed by atoms with van der Waals surface area (Å²) < 4.78 is 18.1. The van der Waals surface area contributed by atoms with E-state index < -0.39 is 0 Å². The smallest absolute Gasteiger partial charge is 0.262 e. The summed E-state index contributed by atoms with van der Waals surface area (Å²) in [4.78, 5) is 27.7. The van der Waals surface area contributed by atoms with E-state index in [4.69, 9.17) is 19.3 Å². The van der Waals surface area contributed by atoms with Crippen molar-refractivity contribution in [3.63, 3.8) is 0 Å². The van der Waals surface area contributed by atoms with Crippen molar-refractivity contribution in [2.45, 2.75) is 26.3 Å². The van der Waals surface area contributed by atoms with Crippen molar-refractivity contribution in [1.29, 1.82) is 0 Å². The van der Waals surface area contributed by atoms with Gasteiger partial charge in [0.1, 0.15) is 6.54 Å². The Morgan fingerprint density at radius 2 is 2.03 bits per heavy atom. The molecule has 0 fully saturated rings. The zero-order valence-corrected chi connectivity index (χ0v) is 19.5. The van der Waals surface area contributed by atoms with Crippen molar-refractivity contribution in [2.24, 2.45) is 18.1 Å². The molecule has 4 rings (SSSR count). The molecule has 0 bridgehead atoms. The Labute approximate surface area is 193 Å². The lowest BCUT2D eigenvalue weighted by Gasteiger charge is -2.28. The third-order valence-electron chi connectivity index (χ3n) is 5.88. The Hall–Kier alpha value is -3.33. The van der Waals surface area contributed by atoms with Crippen molar-refractivity contribution in [2.75, 3.05) is 33.6 Å². The monoisotopic (exact) mass is 454 g/mol. The Morgan fingerprint density at radius 1 is 1.24 bits per heavy atom. The number of amides is 2. The fraction of sp³-hybridized carbons (Fsp3) is 0.458. The number of aryl methyl sites for hydroxylation is 1. The maximum absolute atomic E-state index is 13.5. The molecule has 9 heteroatoms. The topological polar surface area (TPSA) is 85.6 Å². The zero-order chi connectivity index (χ0) is 23.5. The first-order valence-electron chi connectivity index (χ1n) is 11.1. The van der Waals surface area contributed by atoms with Crippen molar-refractivity contribution in [1.82, 2.24) is 14.5 Å². The van der Waals surface area contributed by atoms with E-state index in [2.05, 4.69) is 0 Å². The van der Waals surface area contributed by atoms with Crippen LogP contribution in [0.15, 0.2) is 41.6 Å². The second kappa shape index (κ2) is 9.66. The van der Waals surface area contributed by atoms with Gasteiger partial charge in [-0.05, 0) is 29.8 Å². The molecule has 0 spiro atoms. The lowest BCUT2D eigenvalue weighted by atomic mass is 10.00. The second-order valence-corrected chi connectivity index (χ2v) is 8.53. The predicted molar refractivity (Wildman–Crippen MR) is 122 cm³/mol. The van der Waals surface area contributed by atoms with Gasteiger partial charge in [0.2, 0.25) is 12.7 Å². The number of methoxy groups -OCH3 is 1. The summed E-state index contributed by atoms with van der Waals surface area (Å²) in [7, 11) is 3.53. The number of hydrogen-bond donors (Lipinski definition) is 0. The second-order valence-electron chi connectivity index (χ2n) is 8.53. The number of nitrogens with zero attached hydrogens (tertiary/aromatic N) is 4. The highest BCUT2D eigenvalue weighted by atomic mass is 16.7. The Morgan fingerprint density at radius 3 is 2.73 bits per heavy atom. The zero-order valence-electron chi connectivity index (χ0n) is 19.5. The van der Waals surface area contributed by atoms with Crippen LogP contribution in [-0.2, 0) is 21.4 Å². The number of fused-ring (bicyclic) bond motifs is 1. The average Bonchev–Trinajstić information content (AvgIpc) is 3.54. The fourth-order valence-corrected chi connectivity index (χ4v) is 4.11. The highest BCUT2D eigenvalue weighted by Gasteiger charge is 2.36. The predicted octanol–water partition coefficient (Wildman–Crippen LogP) is 2.56. The van der Waals surface area contributed by atoms with Gasteiger partial charge < -0.3 is 23.7 Å². The van der Waals surface area contributed by atoms with Crippen LogP contribution < -0.4 is 9.47 Å². The summed E-state index contributed by atoms with van der Waals surface area (Å²) in [5.41, 5.74) is 2.67. The first-order chi connectivity index (χ1) is 15.9. The summed E-state index contributed by atoms with van der Waals surface area (Å²) in [6.07, 6.45) is 2.51. The first kappa shape index (κ1) is 22.8. The molecule has 9 nitrogen and oxygen atoms in total. The summed E-state index contributed by atoms with van der Waals surface area (Å²) >= 11 is 0. The van der Waals surface area contributed by atoms with Crippen LogP contribution in [0.5, 0.6) is 11.5 Å². The number of ether oxygens (including phenoxy) is 3. The molecule has 0 unspecified atom stereocenters. The molecular formula is C24H30N4O5. The van der Waals surface area contributed by atoms with Gasteiger partial charge in [-0.2, -0.15) is 5.10 Å². The van der Waals surface area contributed by atoms with Crippen molar-refractivity contribution in [3.8, 4) is 11.5 Å². The molecule has 0 saturated heterocycles. The first-order valence-corrected chi connectivity index (χ1v) is 11.1. The number of hydrogen-bond acceptors (Lipinski definition) is 6. The molecule has 2 aliphatic heterocycles. The Bertz CT molecular complexity index is 1060. The van der Waals surface area contributed by atoms with Crippen molar-refractivity contribution < 1.29 is 23.8 Å². The van der Waals surface area contributed by atoms with Crippen LogP contribution in [-0.4, -0.2) is 65.6 Å². The summed E-state index contributed by atoms with van der Waals surface area (Å²) in [6.45, 7) is 4.47. The molecule has 0 N–H and O–H groups in total. The van der Waals surface area contributed by atoms with E-state index in [0.29, 0.717) is 31.1 Å². The quantitative estimate of drug-likeness (QED) is 0.612. The highest BCUT2D eigenvalue weighted by molar-refractivity contribution is 6.02. The number of aromatic nitrogens is 1. The SMILES string of the molecule is COCCN(CC(=O)N1N=C(c2cccn2C)C[C@H]1c1ccc2c(c1)OCO2)C(=O)C(C)C. The number of hydrazone groups is 1. The normalized spacial score (nSPS) is 16.9. The molecule has 3 heterocycles. The van der Waals surface area contributed by atoms with Gasteiger partial charge in [0.05, 0.1) is 24.1 Å². The van der Waals surface area contributed by atoms with Gasteiger partial charge in [-0.25, -0.2) is 5.01 Å². The maximum atomic E-state index is 13.5. The van der Waals surface area contributed by atoms with E-state index in [0.717, 1.165) is 17.0 Å². The van der Waals surface area contributed by atoms with Crippen LogP contribution in [0.1, 0.15) is 37.6 Å². The van der Waals surface area contributed by atoms with Gasteiger partial charge in [0.15, 0.2) is 11.5 Å². The Balaban J connectivity index is 1.63. The summed E-state index contributed by atoms with van der Waals surface area (Å²) in [5.74, 6) is 0.786. The summed E-state index contributed by atoms with van der Waals surface area (Å²) in [5, 5.41) is 6.23. The van der Waals surface area contributed by atoms with Gasteiger partial charge in [-0.15, -0.1) is 0 Å². The van der Waals surface area contributed by atoms with Crippen LogP contribution in [0.3, 0.4) is 0 Å². The minimum absolute atomic E-state index is 0.0641. The van der Waals surface area contributed by atoms with Gasteiger partial charge in [0, 0.05) is 39.2 Å². The Kier molecular flexibility index (Phi) is 6.69. The summed E-state index contributed by atoms with van der Waals surface area (Å²) in [6, 6.07) is 9.31. The van der Waals surface area contributed by atoms with Crippen molar-refractivity contribution >= 4 is 17.5 Å². The van der Waals surface area contributed by atoms with Gasteiger partial charge >= 0.3 is 0 Å².